The second-order valence-corrected chi connectivity index (χ2v) is 5.02. The van der Waals surface area contributed by atoms with E-state index in [1.54, 1.807) is 11.1 Å². The molecule has 0 heteroatoms. The molecule has 1 aromatic rings. The van der Waals surface area contributed by atoms with Crippen molar-refractivity contribution in [3.05, 3.63) is 52.1 Å². The van der Waals surface area contributed by atoms with Gasteiger partial charge in [-0.25, -0.2) is 0 Å². The van der Waals surface area contributed by atoms with E-state index >= 15 is 0 Å². The summed E-state index contributed by atoms with van der Waals surface area (Å²) in [5, 5.41) is 0. The van der Waals surface area contributed by atoms with Gasteiger partial charge in [-0.15, -0.1) is 0 Å². The molecular weight excluding hydrogens is 192 g/mol. The van der Waals surface area contributed by atoms with E-state index in [1.165, 1.54) is 42.4 Å². The molecule has 0 aliphatic heterocycles. The van der Waals surface area contributed by atoms with Crippen LogP contribution in [-0.4, -0.2) is 0 Å². The molecule has 0 radical (unpaired) electrons. The van der Waals surface area contributed by atoms with Crippen molar-refractivity contribution in [2.45, 2.75) is 39.0 Å². The second kappa shape index (κ2) is 3.93. The van der Waals surface area contributed by atoms with Crippen molar-refractivity contribution in [2.75, 3.05) is 0 Å². The maximum Gasteiger partial charge on any atom is -0.00169 e. The van der Waals surface area contributed by atoms with E-state index in [0.29, 0.717) is 0 Å². The van der Waals surface area contributed by atoms with Crippen LogP contribution in [0.25, 0.3) is 6.08 Å². The van der Waals surface area contributed by atoms with Crippen LogP contribution in [0.15, 0.2) is 35.4 Å². The highest BCUT2D eigenvalue weighted by Crippen LogP contribution is 2.33. The Bertz CT molecular complexity index is 475. The van der Waals surface area contributed by atoms with Gasteiger partial charge in [-0.1, -0.05) is 35.9 Å². The summed E-state index contributed by atoms with van der Waals surface area (Å²) in [7, 11) is 0. The average Bonchev–Trinajstić information content (AvgIpc) is 2.73. The van der Waals surface area contributed by atoms with Crippen molar-refractivity contribution in [3.63, 3.8) is 0 Å². The quantitative estimate of drug-likeness (QED) is 0.643. The van der Waals surface area contributed by atoms with Gasteiger partial charge in [-0.2, -0.15) is 0 Å². The van der Waals surface area contributed by atoms with Gasteiger partial charge in [0.05, 0.1) is 0 Å². The van der Waals surface area contributed by atoms with Gasteiger partial charge >= 0.3 is 0 Å². The highest BCUT2D eigenvalue weighted by Gasteiger charge is 2.16. The first-order valence-electron chi connectivity index (χ1n) is 6.32. The van der Waals surface area contributed by atoms with Gasteiger partial charge < -0.3 is 0 Å². The van der Waals surface area contributed by atoms with Crippen LogP contribution in [0.4, 0.5) is 0 Å². The van der Waals surface area contributed by atoms with E-state index in [-0.39, 0.29) is 0 Å². The average molecular weight is 210 g/mol. The molecule has 82 valence electrons. The van der Waals surface area contributed by atoms with E-state index in [0.717, 1.165) is 6.42 Å². The van der Waals surface area contributed by atoms with Crippen molar-refractivity contribution in [2.24, 2.45) is 0 Å². The molecule has 0 spiro atoms. The van der Waals surface area contributed by atoms with Crippen molar-refractivity contribution >= 4 is 6.08 Å². The molecule has 0 unspecified atom stereocenters. The number of rotatable bonds is 1. The SMILES string of the molecule is Cc1ccc2c(c1)CC(C1=CCCCC1)=C2. The third kappa shape index (κ3) is 1.73. The van der Waals surface area contributed by atoms with Gasteiger partial charge in [-0.3, -0.25) is 0 Å². The summed E-state index contributed by atoms with van der Waals surface area (Å²) in [6.45, 7) is 2.18. The summed E-state index contributed by atoms with van der Waals surface area (Å²) in [6, 6.07) is 6.82. The molecule has 0 saturated heterocycles. The van der Waals surface area contributed by atoms with Crippen molar-refractivity contribution in [1.29, 1.82) is 0 Å². The van der Waals surface area contributed by atoms with Crippen LogP contribution in [0.3, 0.4) is 0 Å². The Morgan fingerprint density at radius 2 is 2.00 bits per heavy atom. The van der Waals surface area contributed by atoms with Gasteiger partial charge in [0.25, 0.3) is 0 Å². The van der Waals surface area contributed by atoms with Crippen molar-refractivity contribution < 1.29 is 0 Å². The monoisotopic (exact) mass is 210 g/mol. The number of hydrogen-bond acceptors (Lipinski definition) is 0. The van der Waals surface area contributed by atoms with E-state index in [4.69, 9.17) is 0 Å². The predicted octanol–water partition coefficient (Wildman–Crippen LogP) is 4.43. The van der Waals surface area contributed by atoms with Gasteiger partial charge in [0.15, 0.2) is 0 Å². The molecule has 0 N–H and O–H groups in total. The fourth-order valence-electron chi connectivity index (χ4n) is 2.81. The minimum Gasteiger partial charge on any atom is -0.0810 e. The third-order valence-corrected chi connectivity index (χ3v) is 3.71. The molecule has 0 saturated carbocycles. The zero-order valence-corrected chi connectivity index (χ0v) is 9.92. The summed E-state index contributed by atoms with van der Waals surface area (Å²) in [4.78, 5) is 0. The zero-order chi connectivity index (χ0) is 11.0. The minimum atomic E-state index is 1.16. The number of fused-ring (bicyclic) bond motifs is 1. The maximum atomic E-state index is 2.45. The summed E-state index contributed by atoms with van der Waals surface area (Å²) in [5.74, 6) is 0. The van der Waals surface area contributed by atoms with E-state index in [9.17, 15) is 0 Å². The molecule has 1 aromatic carbocycles. The minimum absolute atomic E-state index is 1.16. The Kier molecular flexibility index (Phi) is 2.43. The summed E-state index contributed by atoms with van der Waals surface area (Å²) >= 11 is 0. The van der Waals surface area contributed by atoms with E-state index in [2.05, 4.69) is 37.3 Å². The number of aryl methyl sites for hydroxylation is 1. The first-order chi connectivity index (χ1) is 7.83. The van der Waals surface area contributed by atoms with Crippen LogP contribution in [0, 0.1) is 6.92 Å². The van der Waals surface area contributed by atoms with Crippen LogP contribution in [0.2, 0.25) is 0 Å². The molecule has 2 aliphatic carbocycles. The Balaban J connectivity index is 1.90. The summed E-state index contributed by atoms with van der Waals surface area (Å²) in [6.07, 6.45) is 11.3. The first-order valence-corrected chi connectivity index (χ1v) is 6.32. The molecule has 0 aromatic heterocycles. The lowest BCUT2D eigenvalue weighted by Crippen LogP contribution is -1.95. The first kappa shape index (κ1) is 9.89. The Hall–Kier alpha value is -1.30. The largest absolute Gasteiger partial charge is 0.0810 e. The van der Waals surface area contributed by atoms with E-state index < -0.39 is 0 Å². The normalized spacial score (nSPS) is 19.1. The van der Waals surface area contributed by atoms with Crippen LogP contribution in [0.5, 0.6) is 0 Å². The second-order valence-electron chi connectivity index (χ2n) is 5.02. The molecule has 0 heterocycles. The smallest absolute Gasteiger partial charge is 0.00169 e. The topological polar surface area (TPSA) is 0 Å². The number of hydrogen-bond donors (Lipinski definition) is 0. The summed E-state index contributed by atoms with van der Waals surface area (Å²) < 4.78 is 0. The van der Waals surface area contributed by atoms with E-state index in [1.807, 2.05) is 0 Å². The Morgan fingerprint density at radius 3 is 2.81 bits per heavy atom. The van der Waals surface area contributed by atoms with Gasteiger partial charge in [0.2, 0.25) is 0 Å². The highest BCUT2D eigenvalue weighted by atomic mass is 14.2. The van der Waals surface area contributed by atoms with Crippen molar-refractivity contribution in [3.8, 4) is 0 Å². The fraction of sp³-hybridized carbons (Fsp3) is 0.375. The lowest BCUT2D eigenvalue weighted by molar-refractivity contribution is 0.704. The number of benzene rings is 1. The van der Waals surface area contributed by atoms with Crippen LogP contribution in [0.1, 0.15) is 42.4 Å². The predicted molar refractivity (Wildman–Crippen MR) is 69.4 cm³/mol. The van der Waals surface area contributed by atoms with Crippen LogP contribution < -0.4 is 0 Å². The molecule has 16 heavy (non-hydrogen) atoms. The van der Waals surface area contributed by atoms with Gasteiger partial charge in [-0.05, 0) is 61.3 Å². The van der Waals surface area contributed by atoms with Crippen molar-refractivity contribution in [1.82, 2.24) is 0 Å². The Morgan fingerprint density at radius 1 is 1.06 bits per heavy atom. The lowest BCUT2D eigenvalue weighted by Gasteiger charge is -2.13. The Labute approximate surface area is 97.7 Å². The lowest BCUT2D eigenvalue weighted by atomic mass is 9.92. The number of allylic oxidation sites excluding steroid dienone is 3. The van der Waals surface area contributed by atoms with Crippen LogP contribution in [-0.2, 0) is 6.42 Å². The molecule has 0 atom stereocenters. The molecule has 0 nitrogen and oxygen atoms in total. The van der Waals surface area contributed by atoms with Crippen LogP contribution >= 0.6 is 0 Å². The fourth-order valence-corrected chi connectivity index (χ4v) is 2.81. The third-order valence-electron chi connectivity index (χ3n) is 3.71. The molecule has 3 rings (SSSR count). The van der Waals surface area contributed by atoms with Gasteiger partial charge in [0, 0.05) is 0 Å². The molecule has 0 fully saturated rings. The molecular formula is C16H18. The standard InChI is InChI=1S/C16H18/c1-12-7-8-14-10-16(11-15(14)9-12)13-5-3-2-4-6-13/h5,7-10H,2-4,6,11H2,1H3. The molecule has 2 aliphatic rings. The molecule has 0 bridgehead atoms. The zero-order valence-electron chi connectivity index (χ0n) is 9.92. The molecule has 0 amide bonds. The van der Waals surface area contributed by atoms with Gasteiger partial charge in [0.1, 0.15) is 0 Å². The highest BCUT2D eigenvalue weighted by molar-refractivity contribution is 5.68. The summed E-state index contributed by atoms with van der Waals surface area (Å²) in [5.41, 5.74) is 7.51. The maximum absolute atomic E-state index is 2.45.